The van der Waals surface area contributed by atoms with Gasteiger partial charge in [0.1, 0.15) is 17.0 Å². The number of hydrogen-bond acceptors (Lipinski definition) is 5. The van der Waals surface area contributed by atoms with Gasteiger partial charge < -0.3 is 19.2 Å². The van der Waals surface area contributed by atoms with Crippen LogP contribution in [0.1, 0.15) is 6.92 Å². The molecule has 152 valence electrons. The van der Waals surface area contributed by atoms with Crippen LogP contribution in [0.2, 0.25) is 5.02 Å². The van der Waals surface area contributed by atoms with Crippen LogP contribution in [0, 0.1) is 0 Å². The average molecular weight is 423 g/mol. The van der Waals surface area contributed by atoms with Gasteiger partial charge in [-0.1, -0.05) is 17.7 Å². The molecule has 3 aromatic carbocycles. The van der Waals surface area contributed by atoms with Crippen molar-refractivity contribution < 1.29 is 18.7 Å². The van der Waals surface area contributed by atoms with Crippen LogP contribution in [0.15, 0.2) is 71.1 Å². The third kappa shape index (κ3) is 4.39. The van der Waals surface area contributed by atoms with Crippen molar-refractivity contribution in [1.29, 1.82) is 0 Å². The van der Waals surface area contributed by atoms with Gasteiger partial charge in [-0.25, -0.2) is 4.98 Å². The molecule has 0 aliphatic heterocycles. The summed E-state index contributed by atoms with van der Waals surface area (Å²) in [5, 5.41) is 3.45. The quantitative estimate of drug-likeness (QED) is 0.440. The summed E-state index contributed by atoms with van der Waals surface area (Å²) in [7, 11) is 1.59. The van der Waals surface area contributed by atoms with Gasteiger partial charge >= 0.3 is 0 Å². The number of methoxy groups -OCH3 is 1. The Morgan fingerprint density at radius 2 is 1.83 bits per heavy atom. The summed E-state index contributed by atoms with van der Waals surface area (Å²) >= 11 is 6.01. The van der Waals surface area contributed by atoms with Crippen molar-refractivity contribution >= 4 is 34.3 Å². The molecule has 6 nitrogen and oxygen atoms in total. The van der Waals surface area contributed by atoms with Crippen molar-refractivity contribution in [1.82, 2.24) is 4.98 Å². The molecule has 0 radical (unpaired) electrons. The first-order valence-corrected chi connectivity index (χ1v) is 9.68. The number of halogens is 1. The maximum absolute atomic E-state index is 12.6. The first-order valence-electron chi connectivity index (χ1n) is 9.30. The summed E-state index contributed by atoms with van der Waals surface area (Å²) in [5.74, 6) is 1.48. The second kappa shape index (κ2) is 8.47. The highest BCUT2D eigenvalue weighted by molar-refractivity contribution is 6.31. The van der Waals surface area contributed by atoms with Gasteiger partial charge in [0, 0.05) is 16.3 Å². The van der Waals surface area contributed by atoms with Crippen LogP contribution in [-0.4, -0.2) is 24.1 Å². The zero-order valence-corrected chi connectivity index (χ0v) is 17.1. The Bertz CT molecular complexity index is 1190. The number of aromatic nitrogens is 1. The number of anilines is 1. The fourth-order valence-corrected chi connectivity index (χ4v) is 3.08. The lowest BCUT2D eigenvalue weighted by Gasteiger charge is -2.15. The molecule has 1 atom stereocenters. The standard InChI is InChI=1S/C23H19ClN2O4/c1-14(29-19-9-7-18(28-2)8-10-19)22(27)25-17-5-3-4-15(12-17)23-26-20-13-16(24)6-11-21(20)30-23/h3-14H,1-2H3,(H,25,27). The van der Waals surface area contributed by atoms with E-state index < -0.39 is 6.10 Å². The molecular weight excluding hydrogens is 404 g/mol. The minimum Gasteiger partial charge on any atom is -0.497 e. The lowest BCUT2D eigenvalue weighted by Crippen LogP contribution is -2.30. The zero-order chi connectivity index (χ0) is 21.1. The molecule has 1 amide bonds. The average Bonchev–Trinajstić information content (AvgIpc) is 3.17. The molecule has 0 bridgehead atoms. The van der Waals surface area contributed by atoms with Crippen LogP contribution in [0.3, 0.4) is 0 Å². The van der Waals surface area contributed by atoms with E-state index in [4.69, 9.17) is 25.5 Å². The number of carbonyl (C=O) groups is 1. The lowest BCUT2D eigenvalue weighted by molar-refractivity contribution is -0.122. The first kappa shape index (κ1) is 19.8. The van der Waals surface area contributed by atoms with Gasteiger partial charge in [-0.05, 0) is 67.6 Å². The normalized spacial score (nSPS) is 11.8. The summed E-state index contributed by atoms with van der Waals surface area (Å²) < 4.78 is 16.6. The number of fused-ring (bicyclic) bond motifs is 1. The van der Waals surface area contributed by atoms with E-state index in [0.29, 0.717) is 33.4 Å². The lowest BCUT2D eigenvalue weighted by atomic mass is 10.2. The number of rotatable bonds is 6. The molecule has 1 aromatic heterocycles. The van der Waals surface area contributed by atoms with Crippen LogP contribution in [0.25, 0.3) is 22.6 Å². The topological polar surface area (TPSA) is 73.6 Å². The Morgan fingerprint density at radius 3 is 2.60 bits per heavy atom. The van der Waals surface area contributed by atoms with E-state index in [-0.39, 0.29) is 5.91 Å². The van der Waals surface area contributed by atoms with Gasteiger partial charge in [0.2, 0.25) is 5.89 Å². The van der Waals surface area contributed by atoms with E-state index in [9.17, 15) is 4.79 Å². The van der Waals surface area contributed by atoms with E-state index in [1.54, 1.807) is 68.6 Å². The van der Waals surface area contributed by atoms with Crippen LogP contribution < -0.4 is 14.8 Å². The molecule has 4 rings (SSSR count). The Kier molecular flexibility index (Phi) is 5.59. The molecular formula is C23H19ClN2O4. The van der Waals surface area contributed by atoms with Gasteiger partial charge in [0.15, 0.2) is 11.7 Å². The molecule has 1 N–H and O–H groups in total. The second-order valence-corrected chi connectivity index (χ2v) is 7.07. The summed E-state index contributed by atoms with van der Waals surface area (Å²) in [5.41, 5.74) is 2.67. The number of carbonyl (C=O) groups excluding carboxylic acids is 1. The first-order chi connectivity index (χ1) is 14.5. The molecule has 4 aromatic rings. The summed E-state index contributed by atoms with van der Waals surface area (Å²) in [6.45, 7) is 1.69. The number of benzene rings is 3. The van der Waals surface area contributed by atoms with Crippen molar-refractivity contribution in [3.63, 3.8) is 0 Å². The fraction of sp³-hybridized carbons (Fsp3) is 0.130. The molecule has 0 saturated heterocycles. The Morgan fingerprint density at radius 1 is 1.07 bits per heavy atom. The molecule has 1 heterocycles. The second-order valence-electron chi connectivity index (χ2n) is 6.64. The number of ether oxygens (including phenoxy) is 2. The number of amides is 1. The minimum atomic E-state index is -0.687. The zero-order valence-electron chi connectivity index (χ0n) is 16.4. The number of nitrogens with zero attached hydrogens (tertiary/aromatic N) is 1. The highest BCUT2D eigenvalue weighted by Crippen LogP contribution is 2.28. The van der Waals surface area contributed by atoms with E-state index in [2.05, 4.69) is 10.3 Å². The fourth-order valence-electron chi connectivity index (χ4n) is 2.91. The third-order valence-electron chi connectivity index (χ3n) is 4.47. The minimum absolute atomic E-state index is 0.271. The molecule has 0 aliphatic rings. The molecule has 0 fully saturated rings. The monoisotopic (exact) mass is 422 g/mol. The summed E-state index contributed by atoms with van der Waals surface area (Å²) in [6, 6.07) is 19.6. The van der Waals surface area contributed by atoms with Crippen molar-refractivity contribution in [2.24, 2.45) is 0 Å². The van der Waals surface area contributed by atoms with Crippen LogP contribution in [0.4, 0.5) is 5.69 Å². The van der Waals surface area contributed by atoms with Crippen molar-refractivity contribution in [3.05, 3.63) is 71.8 Å². The summed E-state index contributed by atoms with van der Waals surface area (Å²) in [4.78, 5) is 17.0. The predicted molar refractivity (Wildman–Crippen MR) is 116 cm³/mol. The van der Waals surface area contributed by atoms with Crippen LogP contribution in [0.5, 0.6) is 11.5 Å². The molecule has 0 saturated carbocycles. The highest BCUT2D eigenvalue weighted by atomic mass is 35.5. The molecule has 0 aliphatic carbocycles. The Balaban J connectivity index is 1.46. The van der Waals surface area contributed by atoms with Crippen LogP contribution >= 0.6 is 11.6 Å². The highest BCUT2D eigenvalue weighted by Gasteiger charge is 2.16. The molecule has 0 spiro atoms. The van der Waals surface area contributed by atoms with Gasteiger partial charge in [-0.3, -0.25) is 4.79 Å². The third-order valence-corrected chi connectivity index (χ3v) is 4.70. The van der Waals surface area contributed by atoms with Crippen LogP contribution in [-0.2, 0) is 4.79 Å². The maximum atomic E-state index is 12.6. The number of hydrogen-bond donors (Lipinski definition) is 1. The van der Waals surface area contributed by atoms with Crippen molar-refractivity contribution in [3.8, 4) is 23.0 Å². The van der Waals surface area contributed by atoms with Gasteiger partial charge in [-0.15, -0.1) is 0 Å². The van der Waals surface area contributed by atoms with Gasteiger partial charge in [-0.2, -0.15) is 0 Å². The van der Waals surface area contributed by atoms with Crippen molar-refractivity contribution in [2.75, 3.05) is 12.4 Å². The SMILES string of the molecule is COc1ccc(OC(C)C(=O)Nc2cccc(-c3nc4cc(Cl)ccc4o3)c2)cc1. The Hall–Kier alpha value is -3.51. The van der Waals surface area contributed by atoms with E-state index in [1.807, 2.05) is 12.1 Å². The largest absolute Gasteiger partial charge is 0.497 e. The molecule has 7 heteroatoms. The maximum Gasteiger partial charge on any atom is 0.265 e. The predicted octanol–water partition coefficient (Wildman–Crippen LogP) is 5.56. The van der Waals surface area contributed by atoms with E-state index in [1.165, 1.54) is 0 Å². The Labute approximate surface area is 178 Å². The van der Waals surface area contributed by atoms with E-state index in [0.717, 1.165) is 11.3 Å². The van der Waals surface area contributed by atoms with E-state index >= 15 is 0 Å². The van der Waals surface area contributed by atoms with Gasteiger partial charge in [0.05, 0.1) is 7.11 Å². The number of nitrogens with one attached hydrogen (secondary N) is 1. The smallest absolute Gasteiger partial charge is 0.265 e. The summed E-state index contributed by atoms with van der Waals surface area (Å²) in [6.07, 6.45) is -0.687. The van der Waals surface area contributed by atoms with Crippen molar-refractivity contribution in [2.45, 2.75) is 13.0 Å². The molecule has 1 unspecified atom stereocenters. The molecule has 30 heavy (non-hydrogen) atoms. The van der Waals surface area contributed by atoms with Gasteiger partial charge in [0.25, 0.3) is 5.91 Å². The number of oxazole rings is 1.